The van der Waals surface area contributed by atoms with E-state index in [4.69, 9.17) is 5.11 Å². The van der Waals surface area contributed by atoms with Gasteiger partial charge in [0.1, 0.15) is 0 Å². The van der Waals surface area contributed by atoms with Crippen molar-refractivity contribution in [2.45, 2.75) is 50.1 Å². The van der Waals surface area contributed by atoms with E-state index < -0.39 is 16.0 Å². The number of carboxylic acids is 1. The number of carboxylic acid groups (broad SMARTS) is 1. The van der Waals surface area contributed by atoms with E-state index in [9.17, 15) is 13.2 Å². The fourth-order valence-electron chi connectivity index (χ4n) is 2.78. The molecule has 0 bridgehead atoms. The average molecular weight is 297 g/mol. The summed E-state index contributed by atoms with van der Waals surface area (Å²) >= 11 is 0. The number of hydrogen-bond donors (Lipinski definition) is 1. The lowest BCUT2D eigenvalue weighted by Crippen LogP contribution is -2.39. The molecule has 0 saturated carbocycles. The number of hydrogen-bond acceptors (Lipinski definition) is 3. The largest absolute Gasteiger partial charge is 0.478 e. The van der Waals surface area contributed by atoms with Crippen molar-refractivity contribution < 1.29 is 18.3 Å². The first kappa shape index (κ1) is 15.0. The number of carbonyl (C=O) groups is 1. The molecule has 2 rings (SSSR count). The van der Waals surface area contributed by atoms with E-state index >= 15 is 0 Å². The fourth-order valence-corrected chi connectivity index (χ4v) is 4.77. The Hall–Kier alpha value is -1.40. The molecule has 0 amide bonds. The molecule has 0 aliphatic carbocycles. The zero-order valence-electron chi connectivity index (χ0n) is 11.6. The Morgan fingerprint density at radius 2 is 2.10 bits per heavy atom. The van der Waals surface area contributed by atoms with E-state index in [-0.39, 0.29) is 22.5 Å². The van der Waals surface area contributed by atoms with Crippen molar-refractivity contribution in [3.05, 3.63) is 29.8 Å². The van der Waals surface area contributed by atoms with Crippen LogP contribution in [0.25, 0.3) is 0 Å². The van der Waals surface area contributed by atoms with E-state index in [0.717, 1.165) is 19.3 Å². The fraction of sp³-hybridized carbons (Fsp3) is 0.500. The van der Waals surface area contributed by atoms with E-state index in [2.05, 4.69) is 0 Å². The van der Waals surface area contributed by atoms with Crippen molar-refractivity contribution in [1.82, 2.24) is 4.31 Å². The monoisotopic (exact) mass is 297 g/mol. The Morgan fingerprint density at radius 3 is 2.70 bits per heavy atom. The first-order chi connectivity index (χ1) is 9.37. The highest BCUT2D eigenvalue weighted by atomic mass is 32.2. The lowest BCUT2D eigenvalue weighted by Gasteiger charge is -2.27. The minimum atomic E-state index is -3.64. The third-order valence-corrected chi connectivity index (χ3v) is 5.90. The van der Waals surface area contributed by atoms with Gasteiger partial charge in [0, 0.05) is 12.1 Å². The summed E-state index contributed by atoms with van der Waals surface area (Å²) in [5, 5.41) is 8.98. The molecule has 20 heavy (non-hydrogen) atoms. The van der Waals surface area contributed by atoms with Gasteiger partial charge in [0.15, 0.2) is 0 Å². The molecular weight excluding hydrogens is 278 g/mol. The Balaban J connectivity index is 2.44. The second-order valence-corrected chi connectivity index (χ2v) is 7.00. The van der Waals surface area contributed by atoms with Crippen LogP contribution in [0.3, 0.4) is 0 Å². The van der Waals surface area contributed by atoms with Crippen LogP contribution in [-0.4, -0.2) is 35.9 Å². The summed E-state index contributed by atoms with van der Waals surface area (Å²) in [5.74, 6) is -1.12. The molecule has 1 N–H and O–H groups in total. The quantitative estimate of drug-likeness (QED) is 0.925. The van der Waals surface area contributed by atoms with Gasteiger partial charge >= 0.3 is 5.97 Å². The van der Waals surface area contributed by atoms with E-state index in [1.54, 1.807) is 0 Å². The first-order valence-electron chi connectivity index (χ1n) is 6.74. The molecule has 1 aromatic rings. The van der Waals surface area contributed by atoms with Gasteiger partial charge in [-0.15, -0.1) is 0 Å². The number of sulfonamides is 1. The van der Waals surface area contributed by atoms with Gasteiger partial charge in [0.25, 0.3) is 0 Å². The van der Waals surface area contributed by atoms with Gasteiger partial charge in [-0.3, -0.25) is 0 Å². The topological polar surface area (TPSA) is 74.7 Å². The molecule has 2 unspecified atom stereocenters. The van der Waals surface area contributed by atoms with Crippen molar-refractivity contribution >= 4 is 16.0 Å². The van der Waals surface area contributed by atoms with Gasteiger partial charge in [-0.25, -0.2) is 13.2 Å². The van der Waals surface area contributed by atoms with E-state index in [0.29, 0.717) is 0 Å². The highest BCUT2D eigenvalue weighted by Crippen LogP contribution is 2.32. The first-order valence-corrected chi connectivity index (χ1v) is 8.18. The van der Waals surface area contributed by atoms with Crippen molar-refractivity contribution in [2.24, 2.45) is 0 Å². The molecule has 110 valence electrons. The summed E-state index contributed by atoms with van der Waals surface area (Å²) in [5.41, 5.74) is -0.00836. The molecule has 0 spiro atoms. The van der Waals surface area contributed by atoms with Crippen LogP contribution in [0.1, 0.15) is 43.5 Å². The number of aromatic carboxylic acids is 1. The van der Waals surface area contributed by atoms with E-state index in [1.807, 2.05) is 13.8 Å². The Morgan fingerprint density at radius 1 is 1.40 bits per heavy atom. The number of nitrogens with zero attached hydrogens (tertiary/aromatic N) is 1. The summed E-state index contributed by atoms with van der Waals surface area (Å²) < 4.78 is 27.0. The Bertz CT molecular complexity index is 611. The zero-order chi connectivity index (χ0) is 14.9. The Kier molecular flexibility index (Phi) is 4.15. The van der Waals surface area contributed by atoms with Gasteiger partial charge in [-0.2, -0.15) is 4.31 Å². The molecule has 1 aromatic carbocycles. The van der Waals surface area contributed by atoms with Crippen LogP contribution in [0.15, 0.2) is 29.2 Å². The van der Waals surface area contributed by atoms with Gasteiger partial charge < -0.3 is 5.11 Å². The normalized spacial score (nSPS) is 23.9. The van der Waals surface area contributed by atoms with Crippen molar-refractivity contribution in [1.29, 1.82) is 0 Å². The number of rotatable bonds is 4. The minimum Gasteiger partial charge on any atom is -0.478 e. The third-order valence-electron chi connectivity index (χ3n) is 3.84. The maximum Gasteiger partial charge on any atom is 0.335 e. The summed E-state index contributed by atoms with van der Waals surface area (Å²) in [6.45, 7) is 3.87. The van der Waals surface area contributed by atoms with Crippen LogP contribution in [0.4, 0.5) is 0 Å². The van der Waals surface area contributed by atoms with Crippen LogP contribution in [0, 0.1) is 0 Å². The summed E-state index contributed by atoms with van der Waals surface area (Å²) in [6, 6.07) is 5.51. The predicted octanol–water partition coefficient (Wildman–Crippen LogP) is 2.34. The van der Waals surface area contributed by atoms with Crippen molar-refractivity contribution in [3.8, 4) is 0 Å². The maximum atomic E-state index is 12.7. The van der Waals surface area contributed by atoms with Gasteiger partial charge in [0.05, 0.1) is 10.5 Å². The average Bonchev–Trinajstić information content (AvgIpc) is 2.80. The summed E-state index contributed by atoms with van der Waals surface area (Å²) in [4.78, 5) is 11.0. The van der Waals surface area contributed by atoms with Crippen LogP contribution in [0.5, 0.6) is 0 Å². The van der Waals surface area contributed by atoms with Crippen LogP contribution >= 0.6 is 0 Å². The molecule has 1 heterocycles. The molecule has 1 saturated heterocycles. The molecule has 2 atom stereocenters. The smallest absolute Gasteiger partial charge is 0.335 e. The molecule has 1 aliphatic heterocycles. The molecule has 0 radical (unpaired) electrons. The van der Waals surface area contributed by atoms with Gasteiger partial charge in [-0.1, -0.05) is 13.0 Å². The number of benzene rings is 1. The van der Waals surface area contributed by atoms with E-state index in [1.165, 1.54) is 28.6 Å². The molecule has 0 aromatic heterocycles. The lowest BCUT2D eigenvalue weighted by atomic mass is 10.2. The highest BCUT2D eigenvalue weighted by molar-refractivity contribution is 7.89. The summed E-state index contributed by atoms with van der Waals surface area (Å²) in [7, 11) is -3.64. The van der Waals surface area contributed by atoms with Gasteiger partial charge in [-0.05, 0) is 44.4 Å². The minimum absolute atomic E-state index is 0.00323. The molecule has 6 heteroatoms. The second kappa shape index (κ2) is 5.54. The molecule has 1 aliphatic rings. The zero-order valence-corrected chi connectivity index (χ0v) is 12.4. The third kappa shape index (κ3) is 2.58. The molecular formula is C14H19NO4S. The lowest BCUT2D eigenvalue weighted by molar-refractivity contribution is 0.0696. The predicted molar refractivity (Wildman–Crippen MR) is 75.2 cm³/mol. The van der Waals surface area contributed by atoms with Gasteiger partial charge in [0.2, 0.25) is 10.0 Å². The second-order valence-electron chi connectivity index (χ2n) is 5.16. The van der Waals surface area contributed by atoms with Crippen LogP contribution in [0.2, 0.25) is 0 Å². The SMILES string of the molecule is CCC1CCC(C)N1S(=O)(=O)c1cccc(C(=O)O)c1. The molecule has 1 fully saturated rings. The highest BCUT2D eigenvalue weighted by Gasteiger charge is 2.39. The van der Waals surface area contributed by atoms with Crippen molar-refractivity contribution in [3.63, 3.8) is 0 Å². The Labute approximate surface area is 119 Å². The summed E-state index contributed by atoms with van der Waals surface area (Å²) in [6.07, 6.45) is 2.47. The standard InChI is InChI=1S/C14H19NO4S/c1-3-12-8-7-10(2)15(12)20(18,19)13-6-4-5-11(9-13)14(16)17/h4-6,9-10,12H,3,7-8H2,1-2H3,(H,16,17). The van der Waals surface area contributed by atoms with Crippen molar-refractivity contribution in [2.75, 3.05) is 0 Å². The van der Waals surface area contributed by atoms with Crippen LogP contribution in [-0.2, 0) is 10.0 Å². The maximum absolute atomic E-state index is 12.7. The van der Waals surface area contributed by atoms with Crippen LogP contribution < -0.4 is 0 Å². The molecule has 5 nitrogen and oxygen atoms in total.